The summed E-state index contributed by atoms with van der Waals surface area (Å²) in [5, 5.41) is 13.8. The molecule has 0 aliphatic rings. The standard InChI is InChI=1S/C17H17BrN2O3/c1-3-23-15-9-12(8-14(18)16(15)21)10-19-20-17(22)13-6-4-11(2)5-7-13/h4-10,21H,3H2,1-2H3,(H,20,22). The first-order chi connectivity index (χ1) is 11.0. The summed E-state index contributed by atoms with van der Waals surface area (Å²) in [4.78, 5) is 11.9. The Balaban J connectivity index is 2.08. The third kappa shape index (κ3) is 4.56. The van der Waals surface area contributed by atoms with E-state index in [0.717, 1.165) is 5.56 Å². The molecule has 0 saturated heterocycles. The van der Waals surface area contributed by atoms with E-state index in [1.54, 1.807) is 24.3 Å². The molecule has 0 unspecified atom stereocenters. The number of hydrogen-bond donors (Lipinski definition) is 2. The molecule has 0 heterocycles. The van der Waals surface area contributed by atoms with Gasteiger partial charge in [0.05, 0.1) is 17.3 Å². The number of nitrogens with zero attached hydrogens (tertiary/aromatic N) is 1. The first-order valence-corrected chi connectivity index (χ1v) is 7.86. The molecule has 0 bridgehead atoms. The van der Waals surface area contributed by atoms with Gasteiger partial charge in [-0.2, -0.15) is 5.10 Å². The number of ether oxygens (including phenoxy) is 1. The molecular formula is C17H17BrN2O3. The summed E-state index contributed by atoms with van der Waals surface area (Å²) in [6.07, 6.45) is 1.48. The van der Waals surface area contributed by atoms with Gasteiger partial charge in [-0.3, -0.25) is 4.79 Å². The number of amides is 1. The molecule has 0 aliphatic carbocycles. The summed E-state index contributed by atoms with van der Waals surface area (Å²) in [5.74, 6) is 0.102. The average Bonchev–Trinajstić information content (AvgIpc) is 2.53. The third-order valence-electron chi connectivity index (χ3n) is 3.04. The lowest BCUT2D eigenvalue weighted by Gasteiger charge is -2.08. The van der Waals surface area contributed by atoms with Crippen LogP contribution in [0.1, 0.15) is 28.4 Å². The Morgan fingerprint density at radius 3 is 2.70 bits per heavy atom. The Labute approximate surface area is 143 Å². The molecule has 23 heavy (non-hydrogen) atoms. The SMILES string of the molecule is CCOc1cc(C=NNC(=O)c2ccc(C)cc2)cc(Br)c1O. The van der Waals surface area contributed by atoms with Gasteiger partial charge in [-0.1, -0.05) is 17.7 Å². The highest BCUT2D eigenvalue weighted by molar-refractivity contribution is 9.10. The molecule has 0 aromatic heterocycles. The summed E-state index contributed by atoms with van der Waals surface area (Å²) in [6, 6.07) is 10.5. The molecule has 0 aliphatic heterocycles. The summed E-state index contributed by atoms with van der Waals surface area (Å²) >= 11 is 3.25. The molecule has 1 amide bonds. The number of carbonyl (C=O) groups is 1. The molecule has 2 aromatic carbocycles. The van der Waals surface area contributed by atoms with Gasteiger partial charge in [0.15, 0.2) is 11.5 Å². The van der Waals surface area contributed by atoms with Crippen LogP contribution in [0.15, 0.2) is 46.0 Å². The molecule has 120 valence electrons. The molecule has 6 heteroatoms. The number of benzene rings is 2. The van der Waals surface area contributed by atoms with Gasteiger partial charge in [-0.15, -0.1) is 0 Å². The maximum absolute atomic E-state index is 11.9. The maximum Gasteiger partial charge on any atom is 0.271 e. The van der Waals surface area contributed by atoms with Crippen LogP contribution in [0, 0.1) is 6.92 Å². The van der Waals surface area contributed by atoms with Crippen LogP contribution in [0.2, 0.25) is 0 Å². The van der Waals surface area contributed by atoms with E-state index in [4.69, 9.17) is 4.74 Å². The second kappa shape index (κ2) is 7.78. The quantitative estimate of drug-likeness (QED) is 0.618. The van der Waals surface area contributed by atoms with Gasteiger partial charge in [0, 0.05) is 5.56 Å². The van der Waals surface area contributed by atoms with E-state index in [-0.39, 0.29) is 11.7 Å². The summed E-state index contributed by atoms with van der Waals surface area (Å²) in [7, 11) is 0. The largest absolute Gasteiger partial charge is 0.503 e. The van der Waals surface area contributed by atoms with Gasteiger partial charge < -0.3 is 9.84 Å². The van der Waals surface area contributed by atoms with Crippen LogP contribution in [-0.4, -0.2) is 23.8 Å². The van der Waals surface area contributed by atoms with E-state index < -0.39 is 0 Å². The lowest BCUT2D eigenvalue weighted by Crippen LogP contribution is -2.17. The minimum Gasteiger partial charge on any atom is -0.503 e. The van der Waals surface area contributed by atoms with Gasteiger partial charge in [-0.05, 0) is 59.6 Å². The first kappa shape index (κ1) is 17.0. The van der Waals surface area contributed by atoms with Crippen LogP contribution in [0.4, 0.5) is 0 Å². The number of halogens is 1. The number of hydrogen-bond acceptors (Lipinski definition) is 4. The van der Waals surface area contributed by atoms with Crippen molar-refractivity contribution in [2.75, 3.05) is 6.61 Å². The average molecular weight is 377 g/mol. The Morgan fingerprint density at radius 1 is 1.35 bits per heavy atom. The molecule has 5 nitrogen and oxygen atoms in total. The first-order valence-electron chi connectivity index (χ1n) is 7.06. The second-order valence-electron chi connectivity index (χ2n) is 4.85. The second-order valence-corrected chi connectivity index (χ2v) is 5.70. The number of aryl methyl sites for hydroxylation is 1. The minimum atomic E-state index is -0.288. The fourth-order valence-corrected chi connectivity index (χ4v) is 2.33. The van der Waals surface area contributed by atoms with Gasteiger partial charge in [0.1, 0.15) is 0 Å². The van der Waals surface area contributed by atoms with E-state index in [0.29, 0.717) is 28.0 Å². The van der Waals surface area contributed by atoms with Crippen molar-refractivity contribution in [3.63, 3.8) is 0 Å². The van der Waals surface area contributed by atoms with Gasteiger partial charge >= 0.3 is 0 Å². The Bertz CT molecular complexity index is 727. The Kier molecular flexibility index (Phi) is 5.76. The fourth-order valence-electron chi connectivity index (χ4n) is 1.87. The molecule has 2 N–H and O–H groups in total. The van der Waals surface area contributed by atoms with Crippen LogP contribution >= 0.6 is 15.9 Å². The molecular weight excluding hydrogens is 360 g/mol. The normalized spacial score (nSPS) is 10.7. The van der Waals surface area contributed by atoms with Crippen LogP contribution in [0.25, 0.3) is 0 Å². The van der Waals surface area contributed by atoms with Crippen molar-refractivity contribution >= 4 is 28.1 Å². The predicted molar refractivity (Wildman–Crippen MR) is 93.2 cm³/mol. The number of carbonyl (C=O) groups excluding carboxylic acids is 1. The van der Waals surface area contributed by atoms with Crippen molar-refractivity contribution in [1.82, 2.24) is 5.43 Å². The maximum atomic E-state index is 11.9. The highest BCUT2D eigenvalue weighted by Crippen LogP contribution is 2.34. The van der Waals surface area contributed by atoms with E-state index in [2.05, 4.69) is 26.5 Å². The predicted octanol–water partition coefficient (Wildman–Crippen LogP) is 3.63. The summed E-state index contributed by atoms with van der Waals surface area (Å²) in [6.45, 7) is 4.22. The number of rotatable bonds is 5. The van der Waals surface area contributed by atoms with Crippen molar-refractivity contribution < 1.29 is 14.6 Å². The lowest BCUT2D eigenvalue weighted by atomic mass is 10.1. The smallest absolute Gasteiger partial charge is 0.271 e. The Hall–Kier alpha value is -2.34. The number of phenolic OH excluding ortho intramolecular Hbond substituents is 1. The van der Waals surface area contributed by atoms with Gasteiger partial charge in [-0.25, -0.2) is 5.43 Å². The molecule has 0 atom stereocenters. The van der Waals surface area contributed by atoms with Gasteiger partial charge in [0.2, 0.25) is 0 Å². The fraction of sp³-hybridized carbons (Fsp3) is 0.176. The molecule has 2 rings (SSSR count). The van der Waals surface area contributed by atoms with E-state index in [1.807, 2.05) is 26.0 Å². The Morgan fingerprint density at radius 2 is 2.04 bits per heavy atom. The topological polar surface area (TPSA) is 70.9 Å². The zero-order valence-electron chi connectivity index (χ0n) is 12.8. The minimum absolute atomic E-state index is 0.0349. The van der Waals surface area contributed by atoms with Crippen LogP contribution in [0.3, 0.4) is 0 Å². The number of aromatic hydroxyl groups is 1. The van der Waals surface area contributed by atoms with Crippen molar-refractivity contribution in [2.24, 2.45) is 5.10 Å². The van der Waals surface area contributed by atoms with E-state index >= 15 is 0 Å². The molecule has 2 aromatic rings. The van der Waals surface area contributed by atoms with Crippen molar-refractivity contribution in [1.29, 1.82) is 0 Å². The van der Waals surface area contributed by atoms with Gasteiger partial charge in [0.25, 0.3) is 5.91 Å². The number of nitrogens with one attached hydrogen (secondary N) is 1. The van der Waals surface area contributed by atoms with Crippen molar-refractivity contribution in [3.8, 4) is 11.5 Å². The zero-order valence-corrected chi connectivity index (χ0v) is 14.4. The lowest BCUT2D eigenvalue weighted by molar-refractivity contribution is 0.0955. The molecule has 0 radical (unpaired) electrons. The third-order valence-corrected chi connectivity index (χ3v) is 3.65. The van der Waals surface area contributed by atoms with E-state index in [1.165, 1.54) is 6.21 Å². The zero-order chi connectivity index (χ0) is 16.8. The summed E-state index contributed by atoms with van der Waals surface area (Å²) in [5.41, 5.74) is 4.77. The monoisotopic (exact) mass is 376 g/mol. The van der Waals surface area contributed by atoms with E-state index in [9.17, 15) is 9.90 Å². The molecule has 0 fully saturated rings. The van der Waals surface area contributed by atoms with Crippen LogP contribution < -0.4 is 10.2 Å². The van der Waals surface area contributed by atoms with Crippen molar-refractivity contribution in [3.05, 3.63) is 57.6 Å². The number of phenols is 1. The highest BCUT2D eigenvalue weighted by Gasteiger charge is 2.08. The number of hydrazone groups is 1. The molecule has 0 saturated carbocycles. The van der Waals surface area contributed by atoms with Crippen LogP contribution in [0.5, 0.6) is 11.5 Å². The van der Waals surface area contributed by atoms with Crippen molar-refractivity contribution in [2.45, 2.75) is 13.8 Å². The summed E-state index contributed by atoms with van der Waals surface area (Å²) < 4.78 is 5.83. The highest BCUT2D eigenvalue weighted by atomic mass is 79.9. The molecule has 0 spiro atoms. The van der Waals surface area contributed by atoms with Crippen LogP contribution in [-0.2, 0) is 0 Å².